The molecule has 0 spiro atoms. The van der Waals surface area contributed by atoms with Gasteiger partial charge in [-0.2, -0.15) is 16.7 Å². The van der Waals surface area contributed by atoms with Crippen molar-refractivity contribution < 1.29 is 0 Å². The van der Waals surface area contributed by atoms with Gasteiger partial charge in [0.15, 0.2) is 0 Å². The zero-order chi connectivity index (χ0) is 13.1. The third-order valence-corrected chi connectivity index (χ3v) is 4.55. The minimum Gasteiger partial charge on any atom is -0.368 e. The summed E-state index contributed by atoms with van der Waals surface area (Å²) in [7, 11) is 2.06. The summed E-state index contributed by atoms with van der Waals surface area (Å²) in [5.41, 5.74) is 5.79. The van der Waals surface area contributed by atoms with E-state index in [1.165, 1.54) is 4.88 Å². The van der Waals surface area contributed by atoms with E-state index < -0.39 is 0 Å². The van der Waals surface area contributed by atoms with Crippen LogP contribution in [0.1, 0.15) is 11.8 Å². The molecule has 18 heavy (non-hydrogen) atoms. The van der Waals surface area contributed by atoms with Gasteiger partial charge in [-0.15, -0.1) is 11.3 Å². The molecule has 0 amide bonds. The topological polar surface area (TPSA) is 55.0 Å². The molecule has 0 bridgehead atoms. The fourth-order valence-corrected chi connectivity index (χ4v) is 3.20. The Labute approximate surface area is 116 Å². The lowest BCUT2D eigenvalue weighted by Crippen LogP contribution is -2.22. The van der Waals surface area contributed by atoms with Crippen LogP contribution >= 0.6 is 23.1 Å². The molecule has 2 heterocycles. The van der Waals surface area contributed by atoms with Gasteiger partial charge in [0.05, 0.1) is 5.39 Å². The van der Waals surface area contributed by atoms with Gasteiger partial charge in [-0.1, -0.05) is 6.92 Å². The van der Waals surface area contributed by atoms with E-state index in [1.54, 1.807) is 11.3 Å². The Bertz CT molecular complexity index is 538. The highest BCUT2D eigenvalue weighted by atomic mass is 32.2. The second-order valence-electron chi connectivity index (χ2n) is 4.10. The Morgan fingerprint density at radius 2 is 2.22 bits per heavy atom. The van der Waals surface area contributed by atoms with E-state index in [2.05, 4.69) is 41.2 Å². The number of hydrogen-bond acceptors (Lipinski definition) is 6. The second-order valence-corrected chi connectivity index (χ2v) is 6.21. The minimum absolute atomic E-state index is 0.359. The lowest BCUT2D eigenvalue weighted by atomic mass is 10.3. The molecule has 0 aromatic carbocycles. The van der Waals surface area contributed by atoms with Gasteiger partial charge >= 0.3 is 0 Å². The maximum Gasteiger partial charge on any atom is 0.223 e. The Balaban J connectivity index is 2.44. The van der Waals surface area contributed by atoms with Gasteiger partial charge in [0.25, 0.3) is 0 Å². The number of fused-ring (bicyclic) bond motifs is 1. The van der Waals surface area contributed by atoms with Crippen LogP contribution in [0.5, 0.6) is 0 Å². The first-order chi connectivity index (χ1) is 8.65. The summed E-state index contributed by atoms with van der Waals surface area (Å²) in [6, 6.07) is 2.18. The molecular weight excluding hydrogens is 264 g/mol. The number of thioether (sulfide) groups is 1. The fraction of sp³-hybridized carbons (Fsp3) is 0.500. The minimum atomic E-state index is 0.359. The zero-order valence-electron chi connectivity index (χ0n) is 10.9. The summed E-state index contributed by atoms with van der Waals surface area (Å²) in [5.74, 6) is 2.38. The van der Waals surface area contributed by atoms with Crippen LogP contribution in [0.4, 0.5) is 11.8 Å². The van der Waals surface area contributed by atoms with Crippen molar-refractivity contribution in [2.45, 2.75) is 13.3 Å². The molecule has 2 N–H and O–H groups in total. The van der Waals surface area contributed by atoms with Crippen molar-refractivity contribution in [3.8, 4) is 0 Å². The van der Waals surface area contributed by atoms with E-state index in [4.69, 9.17) is 5.73 Å². The molecule has 0 fully saturated rings. The SMILES string of the molecule is CCc1cc2c(N(C)CCSC)nc(N)nc2s1. The molecule has 2 rings (SSSR count). The highest BCUT2D eigenvalue weighted by Crippen LogP contribution is 2.31. The standard InChI is InChI=1S/C12H18N4S2/c1-4-8-7-9-10(16(2)5-6-17-3)14-12(13)15-11(9)18-8/h7H,4-6H2,1-3H3,(H2,13,14,15). The third kappa shape index (κ3) is 2.70. The van der Waals surface area contributed by atoms with Crippen LogP contribution in [0.15, 0.2) is 6.07 Å². The van der Waals surface area contributed by atoms with Gasteiger partial charge < -0.3 is 10.6 Å². The number of anilines is 2. The molecule has 0 radical (unpaired) electrons. The third-order valence-electron chi connectivity index (χ3n) is 2.78. The van der Waals surface area contributed by atoms with Crippen LogP contribution in [0.2, 0.25) is 0 Å². The Hall–Kier alpha value is -1.01. The van der Waals surface area contributed by atoms with Crippen LogP contribution in [0.25, 0.3) is 10.2 Å². The molecule has 0 aliphatic rings. The van der Waals surface area contributed by atoms with Gasteiger partial charge in [0, 0.05) is 24.2 Å². The number of rotatable bonds is 5. The maximum atomic E-state index is 5.79. The predicted octanol–water partition coefficient (Wildman–Crippen LogP) is 2.64. The van der Waals surface area contributed by atoms with E-state index in [1.807, 2.05) is 11.8 Å². The molecule has 0 saturated heterocycles. The van der Waals surface area contributed by atoms with Crippen molar-refractivity contribution in [2.24, 2.45) is 0 Å². The maximum absolute atomic E-state index is 5.79. The molecule has 0 unspecified atom stereocenters. The molecule has 0 aliphatic heterocycles. The first-order valence-electron chi connectivity index (χ1n) is 5.91. The summed E-state index contributed by atoms with van der Waals surface area (Å²) in [6.07, 6.45) is 3.13. The van der Waals surface area contributed by atoms with Crippen LogP contribution in [0, 0.1) is 0 Å². The van der Waals surface area contributed by atoms with E-state index in [-0.39, 0.29) is 0 Å². The lowest BCUT2D eigenvalue weighted by Gasteiger charge is -2.18. The van der Waals surface area contributed by atoms with Crippen LogP contribution in [-0.2, 0) is 6.42 Å². The molecule has 4 nitrogen and oxygen atoms in total. The van der Waals surface area contributed by atoms with E-state index in [0.29, 0.717) is 5.95 Å². The van der Waals surface area contributed by atoms with Gasteiger partial charge in [-0.3, -0.25) is 0 Å². The summed E-state index contributed by atoms with van der Waals surface area (Å²) in [5, 5.41) is 1.12. The first kappa shape index (κ1) is 13.4. The molecule has 98 valence electrons. The predicted molar refractivity (Wildman–Crippen MR) is 82.9 cm³/mol. The largest absolute Gasteiger partial charge is 0.368 e. The summed E-state index contributed by atoms with van der Waals surface area (Å²) in [6.45, 7) is 3.11. The van der Waals surface area contributed by atoms with Crippen molar-refractivity contribution in [1.82, 2.24) is 9.97 Å². The van der Waals surface area contributed by atoms with Crippen molar-refractivity contribution in [3.05, 3.63) is 10.9 Å². The van der Waals surface area contributed by atoms with Gasteiger partial charge in [-0.05, 0) is 18.7 Å². The van der Waals surface area contributed by atoms with Crippen LogP contribution in [-0.4, -0.2) is 35.6 Å². The molecule has 6 heteroatoms. The highest BCUT2D eigenvalue weighted by Gasteiger charge is 2.13. The molecule has 2 aromatic rings. The molecule has 0 saturated carbocycles. The van der Waals surface area contributed by atoms with Gasteiger partial charge in [0.2, 0.25) is 5.95 Å². The number of thiophene rings is 1. The quantitative estimate of drug-likeness (QED) is 0.913. The van der Waals surface area contributed by atoms with Crippen molar-refractivity contribution >= 4 is 45.1 Å². The van der Waals surface area contributed by atoms with E-state index >= 15 is 0 Å². The van der Waals surface area contributed by atoms with Crippen molar-refractivity contribution in [2.75, 3.05) is 36.2 Å². The van der Waals surface area contributed by atoms with Crippen molar-refractivity contribution in [1.29, 1.82) is 0 Å². The number of hydrogen-bond donors (Lipinski definition) is 1. The summed E-state index contributed by atoms with van der Waals surface area (Å²) >= 11 is 3.53. The number of nitrogens with zero attached hydrogens (tertiary/aromatic N) is 3. The molecule has 0 aliphatic carbocycles. The summed E-state index contributed by atoms with van der Waals surface area (Å²) in [4.78, 5) is 13.2. The second kappa shape index (κ2) is 5.75. The van der Waals surface area contributed by atoms with Crippen molar-refractivity contribution in [3.63, 3.8) is 0 Å². The number of nitrogens with two attached hydrogens (primary N) is 1. The van der Waals surface area contributed by atoms with Crippen LogP contribution < -0.4 is 10.6 Å². The zero-order valence-corrected chi connectivity index (χ0v) is 12.6. The normalized spacial score (nSPS) is 11.1. The average molecular weight is 282 g/mol. The Morgan fingerprint density at radius 3 is 2.89 bits per heavy atom. The van der Waals surface area contributed by atoms with Gasteiger partial charge in [0.1, 0.15) is 10.6 Å². The van der Waals surface area contributed by atoms with Gasteiger partial charge in [-0.25, -0.2) is 4.98 Å². The van der Waals surface area contributed by atoms with E-state index in [9.17, 15) is 0 Å². The fourth-order valence-electron chi connectivity index (χ4n) is 1.77. The van der Waals surface area contributed by atoms with E-state index in [0.717, 1.165) is 34.8 Å². The number of aryl methyl sites for hydroxylation is 1. The lowest BCUT2D eigenvalue weighted by molar-refractivity contribution is 0.952. The van der Waals surface area contributed by atoms with Crippen LogP contribution in [0.3, 0.4) is 0 Å². The molecule has 2 aromatic heterocycles. The average Bonchev–Trinajstić information content (AvgIpc) is 2.77. The molecule has 0 atom stereocenters. The first-order valence-corrected chi connectivity index (χ1v) is 8.12. The number of nitrogen functional groups attached to an aromatic ring is 1. The Morgan fingerprint density at radius 1 is 1.44 bits per heavy atom. The summed E-state index contributed by atoms with van der Waals surface area (Å²) < 4.78 is 0. The monoisotopic (exact) mass is 282 g/mol. The smallest absolute Gasteiger partial charge is 0.223 e. The molecular formula is C12H18N4S2. The number of aromatic nitrogens is 2. The Kier molecular flexibility index (Phi) is 4.29. The highest BCUT2D eigenvalue weighted by molar-refractivity contribution is 7.98.